The van der Waals surface area contributed by atoms with Gasteiger partial charge in [0.25, 0.3) is 0 Å². The predicted molar refractivity (Wildman–Crippen MR) is 94.4 cm³/mol. The Morgan fingerprint density at radius 2 is 1.62 bits per heavy atom. The minimum atomic E-state index is -0.154. The van der Waals surface area contributed by atoms with E-state index in [-0.39, 0.29) is 12.5 Å². The first-order valence-corrected chi connectivity index (χ1v) is 7.44. The predicted octanol–water partition coefficient (Wildman–Crippen LogP) is 2.79. The van der Waals surface area contributed by atoms with Gasteiger partial charge in [0.2, 0.25) is 5.91 Å². The van der Waals surface area contributed by atoms with Gasteiger partial charge in [-0.05, 0) is 12.1 Å². The van der Waals surface area contributed by atoms with Crippen LogP contribution in [0.3, 0.4) is 0 Å². The van der Waals surface area contributed by atoms with E-state index in [9.17, 15) is 4.79 Å². The van der Waals surface area contributed by atoms with Crippen LogP contribution in [-0.4, -0.2) is 40.8 Å². The van der Waals surface area contributed by atoms with E-state index < -0.39 is 0 Å². The summed E-state index contributed by atoms with van der Waals surface area (Å²) in [6.45, 7) is 0.180. The van der Waals surface area contributed by atoms with E-state index in [0.29, 0.717) is 17.2 Å². The lowest BCUT2D eigenvalue weighted by molar-refractivity contribution is -0.114. The molecule has 2 aromatic carbocycles. The highest BCUT2D eigenvalue weighted by atomic mass is 16.5. The molecule has 0 fully saturated rings. The molecule has 0 radical (unpaired) electrons. The molecule has 0 aromatic heterocycles. The Labute approximate surface area is 141 Å². The summed E-state index contributed by atoms with van der Waals surface area (Å²) in [5.41, 5.74) is 1.46. The van der Waals surface area contributed by atoms with Crippen LogP contribution in [0.2, 0.25) is 0 Å². The number of hydrogen-bond acceptors (Lipinski definition) is 5. The normalized spacial score (nSPS) is 10.0. The number of likely N-dealkylation sites (N-methyl/N-ethyl adjacent to an activating group) is 1. The van der Waals surface area contributed by atoms with Crippen molar-refractivity contribution in [3.05, 3.63) is 42.5 Å². The number of hydrogen-bond donors (Lipinski definition) is 1. The lowest BCUT2D eigenvalue weighted by atomic mass is 10.2. The average molecular weight is 330 g/mol. The number of ether oxygens (including phenoxy) is 3. The molecule has 0 aliphatic rings. The van der Waals surface area contributed by atoms with Gasteiger partial charge in [0, 0.05) is 30.9 Å². The molecule has 6 heteroatoms. The minimum absolute atomic E-state index is 0.154. The van der Waals surface area contributed by atoms with Crippen LogP contribution in [0.15, 0.2) is 42.5 Å². The van der Waals surface area contributed by atoms with E-state index in [2.05, 4.69) is 5.32 Å². The number of nitrogens with one attached hydrogen (secondary N) is 1. The topological polar surface area (TPSA) is 60.0 Å². The van der Waals surface area contributed by atoms with Crippen molar-refractivity contribution < 1.29 is 19.0 Å². The molecule has 0 bridgehead atoms. The molecule has 0 spiro atoms. The third-order valence-corrected chi connectivity index (χ3v) is 3.51. The summed E-state index contributed by atoms with van der Waals surface area (Å²) in [6.07, 6.45) is 0. The second-order valence-corrected chi connectivity index (χ2v) is 5.18. The lowest BCUT2D eigenvalue weighted by Gasteiger charge is -2.21. The highest BCUT2D eigenvalue weighted by Crippen LogP contribution is 2.27. The van der Waals surface area contributed by atoms with E-state index >= 15 is 0 Å². The monoisotopic (exact) mass is 330 g/mol. The van der Waals surface area contributed by atoms with Crippen molar-refractivity contribution in [3.8, 4) is 17.2 Å². The van der Waals surface area contributed by atoms with Crippen LogP contribution >= 0.6 is 0 Å². The van der Waals surface area contributed by atoms with Gasteiger partial charge in [-0.25, -0.2) is 0 Å². The lowest BCUT2D eigenvalue weighted by Crippen LogP contribution is -2.30. The van der Waals surface area contributed by atoms with E-state index in [1.54, 1.807) is 39.5 Å². The number of nitrogens with zero attached hydrogens (tertiary/aromatic N) is 1. The Bertz CT molecular complexity index is 681. The van der Waals surface area contributed by atoms with Gasteiger partial charge in [-0.15, -0.1) is 0 Å². The zero-order chi connectivity index (χ0) is 17.5. The van der Waals surface area contributed by atoms with Gasteiger partial charge < -0.3 is 24.4 Å². The highest BCUT2D eigenvalue weighted by molar-refractivity contribution is 5.94. The Morgan fingerprint density at radius 3 is 2.21 bits per heavy atom. The maximum atomic E-state index is 12.3. The van der Waals surface area contributed by atoms with Crippen molar-refractivity contribution in [2.75, 3.05) is 45.1 Å². The number of carbonyl (C=O) groups is 1. The molecule has 2 rings (SSSR count). The second kappa shape index (κ2) is 8.10. The SMILES string of the molecule is COc1cc(NC(=O)CN(C)c2ccccc2OC)cc(OC)c1. The Hall–Kier alpha value is -2.89. The molecule has 6 nitrogen and oxygen atoms in total. The standard InChI is InChI=1S/C18H22N2O4/c1-20(16-7-5-6-8-17(16)24-4)12-18(21)19-13-9-14(22-2)11-15(10-13)23-3/h5-11H,12H2,1-4H3,(H,19,21). The first-order chi connectivity index (χ1) is 11.6. The summed E-state index contributed by atoms with van der Waals surface area (Å²) in [4.78, 5) is 14.1. The zero-order valence-corrected chi connectivity index (χ0v) is 14.3. The fraction of sp³-hybridized carbons (Fsp3) is 0.278. The summed E-state index contributed by atoms with van der Waals surface area (Å²) in [6, 6.07) is 12.8. The molecule has 0 aliphatic carbocycles. The summed E-state index contributed by atoms with van der Waals surface area (Å²) < 4.78 is 15.7. The second-order valence-electron chi connectivity index (χ2n) is 5.18. The first kappa shape index (κ1) is 17.5. The summed E-state index contributed by atoms with van der Waals surface area (Å²) >= 11 is 0. The van der Waals surface area contributed by atoms with Crippen molar-refractivity contribution in [3.63, 3.8) is 0 Å². The summed E-state index contributed by atoms with van der Waals surface area (Å²) in [5, 5.41) is 2.85. The van der Waals surface area contributed by atoms with Gasteiger partial charge >= 0.3 is 0 Å². The largest absolute Gasteiger partial charge is 0.497 e. The van der Waals surface area contributed by atoms with Crippen LogP contribution in [0, 0.1) is 0 Å². The number of para-hydroxylation sites is 2. The van der Waals surface area contributed by atoms with Gasteiger partial charge in [0.05, 0.1) is 33.6 Å². The van der Waals surface area contributed by atoms with Crippen LogP contribution in [0.1, 0.15) is 0 Å². The summed E-state index contributed by atoms with van der Waals surface area (Å²) in [7, 11) is 6.57. The molecular weight excluding hydrogens is 308 g/mol. The van der Waals surface area contributed by atoms with Crippen LogP contribution in [0.5, 0.6) is 17.2 Å². The maximum Gasteiger partial charge on any atom is 0.243 e. The number of anilines is 2. The minimum Gasteiger partial charge on any atom is -0.497 e. The number of rotatable bonds is 7. The zero-order valence-electron chi connectivity index (χ0n) is 14.3. The number of amides is 1. The third-order valence-electron chi connectivity index (χ3n) is 3.51. The molecule has 128 valence electrons. The highest BCUT2D eigenvalue weighted by Gasteiger charge is 2.12. The quantitative estimate of drug-likeness (QED) is 0.846. The fourth-order valence-electron chi connectivity index (χ4n) is 2.33. The Morgan fingerprint density at radius 1 is 1.00 bits per heavy atom. The van der Waals surface area contributed by atoms with Crippen molar-refractivity contribution in [1.82, 2.24) is 0 Å². The van der Waals surface area contributed by atoms with Crippen molar-refractivity contribution >= 4 is 17.3 Å². The van der Waals surface area contributed by atoms with Gasteiger partial charge in [0.1, 0.15) is 17.2 Å². The molecule has 1 N–H and O–H groups in total. The number of benzene rings is 2. The van der Waals surface area contributed by atoms with Crippen molar-refractivity contribution in [2.24, 2.45) is 0 Å². The van der Waals surface area contributed by atoms with Gasteiger partial charge in [0.15, 0.2) is 0 Å². The molecular formula is C18H22N2O4. The molecule has 0 saturated carbocycles. The summed E-state index contributed by atoms with van der Waals surface area (Å²) in [5.74, 6) is 1.79. The van der Waals surface area contributed by atoms with E-state index in [0.717, 1.165) is 11.4 Å². The Kier molecular flexibility index (Phi) is 5.89. The molecule has 2 aromatic rings. The van der Waals surface area contributed by atoms with E-state index in [1.807, 2.05) is 36.2 Å². The molecule has 24 heavy (non-hydrogen) atoms. The average Bonchev–Trinajstić information content (AvgIpc) is 2.60. The number of carbonyl (C=O) groups excluding carboxylic acids is 1. The maximum absolute atomic E-state index is 12.3. The molecule has 0 unspecified atom stereocenters. The van der Waals surface area contributed by atoms with Crippen LogP contribution < -0.4 is 24.4 Å². The van der Waals surface area contributed by atoms with Gasteiger partial charge in [-0.1, -0.05) is 12.1 Å². The van der Waals surface area contributed by atoms with Crippen LogP contribution in [0.25, 0.3) is 0 Å². The van der Waals surface area contributed by atoms with Gasteiger partial charge in [-0.3, -0.25) is 4.79 Å². The molecule has 0 atom stereocenters. The first-order valence-electron chi connectivity index (χ1n) is 7.44. The van der Waals surface area contributed by atoms with Crippen LogP contribution in [0.4, 0.5) is 11.4 Å². The third kappa shape index (κ3) is 4.32. The smallest absolute Gasteiger partial charge is 0.243 e. The van der Waals surface area contributed by atoms with Crippen LogP contribution in [-0.2, 0) is 4.79 Å². The molecule has 0 saturated heterocycles. The fourth-order valence-corrected chi connectivity index (χ4v) is 2.33. The van der Waals surface area contributed by atoms with Crippen molar-refractivity contribution in [1.29, 1.82) is 0 Å². The van der Waals surface area contributed by atoms with Crippen molar-refractivity contribution in [2.45, 2.75) is 0 Å². The molecule has 0 aliphatic heterocycles. The van der Waals surface area contributed by atoms with Gasteiger partial charge in [-0.2, -0.15) is 0 Å². The van der Waals surface area contributed by atoms with E-state index in [1.165, 1.54) is 0 Å². The Balaban J connectivity index is 2.07. The molecule has 1 amide bonds. The molecule has 0 heterocycles. The number of methoxy groups -OCH3 is 3. The van der Waals surface area contributed by atoms with E-state index in [4.69, 9.17) is 14.2 Å².